The van der Waals surface area contributed by atoms with Crippen molar-refractivity contribution in [1.29, 1.82) is 0 Å². The lowest BCUT2D eigenvalue weighted by molar-refractivity contribution is -0.153. The van der Waals surface area contributed by atoms with Crippen molar-refractivity contribution in [2.45, 2.75) is 45.8 Å². The topological polar surface area (TPSA) is 93.7 Å². The fraction of sp³-hybridized carbons (Fsp3) is 0.471. The summed E-state index contributed by atoms with van der Waals surface area (Å²) >= 11 is 5.83. The summed E-state index contributed by atoms with van der Waals surface area (Å²) < 4.78 is 10.1. The van der Waals surface area contributed by atoms with Gasteiger partial charge in [0.05, 0.1) is 6.42 Å². The van der Waals surface area contributed by atoms with Gasteiger partial charge in [-0.1, -0.05) is 17.7 Å². The van der Waals surface area contributed by atoms with Crippen molar-refractivity contribution in [1.82, 2.24) is 5.32 Å². The molecule has 0 aromatic heterocycles. The lowest BCUT2D eigenvalue weighted by Crippen LogP contribution is -2.35. The molecule has 1 atom stereocenters. The van der Waals surface area contributed by atoms with Gasteiger partial charge in [0.25, 0.3) is 5.91 Å². The van der Waals surface area contributed by atoms with Gasteiger partial charge in [0.1, 0.15) is 5.60 Å². The molecule has 0 saturated carbocycles. The predicted molar refractivity (Wildman–Crippen MR) is 94.5 cm³/mol. The number of ether oxygens (including phenoxy) is 2. The van der Waals surface area contributed by atoms with E-state index >= 15 is 0 Å². The number of amides is 2. The SMILES string of the molecule is C[C@H](OC(=O)CCNC(=O)OC(C)(C)C)C(=O)Nc1cccc(Cl)c1. The van der Waals surface area contributed by atoms with Crippen molar-refractivity contribution >= 4 is 35.3 Å². The van der Waals surface area contributed by atoms with Crippen LogP contribution in [-0.2, 0) is 19.1 Å². The summed E-state index contributed by atoms with van der Waals surface area (Å²) in [6.07, 6.45) is -1.67. The number of nitrogens with one attached hydrogen (secondary N) is 2. The van der Waals surface area contributed by atoms with E-state index in [9.17, 15) is 14.4 Å². The van der Waals surface area contributed by atoms with E-state index in [2.05, 4.69) is 10.6 Å². The number of benzene rings is 1. The highest BCUT2D eigenvalue weighted by molar-refractivity contribution is 6.30. The number of carbonyl (C=O) groups excluding carboxylic acids is 3. The van der Waals surface area contributed by atoms with Crippen LogP contribution >= 0.6 is 11.6 Å². The van der Waals surface area contributed by atoms with Crippen LogP contribution in [0.5, 0.6) is 0 Å². The minimum absolute atomic E-state index is 0.0520. The van der Waals surface area contributed by atoms with Crippen molar-refractivity contribution in [3.8, 4) is 0 Å². The van der Waals surface area contributed by atoms with Gasteiger partial charge in [-0.3, -0.25) is 9.59 Å². The van der Waals surface area contributed by atoms with Gasteiger partial charge < -0.3 is 20.1 Å². The maximum atomic E-state index is 12.0. The molecule has 0 aliphatic heterocycles. The molecule has 1 aromatic carbocycles. The highest BCUT2D eigenvalue weighted by Crippen LogP contribution is 2.15. The van der Waals surface area contributed by atoms with E-state index < -0.39 is 29.7 Å². The van der Waals surface area contributed by atoms with E-state index in [-0.39, 0.29) is 13.0 Å². The summed E-state index contributed by atoms with van der Waals surface area (Å²) in [4.78, 5) is 35.1. The highest BCUT2D eigenvalue weighted by Gasteiger charge is 2.19. The minimum Gasteiger partial charge on any atom is -0.452 e. The first-order valence-electron chi connectivity index (χ1n) is 7.79. The van der Waals surface area contributed by atoms with Crippen LogP contribution in [0.15, 0.2) is 24.3 Å². The van der Waals surface area contributed by atoms with Gasteiger partial charge in [0.2, 0.25) is 0 Å². The number of rotatable bonds is 6. The Labute approximate surface area is 152 Å². The summed E-state index contributed by atoms with van der Waals surface area (Å²) in [5.41, 5.74) is -0.107. The van der Waals surface area contributed by atoms with E-state index in [1.165, 1.54) is 6.92 Å². The van der Waals surface area contributed by atoms with Crippen molar-refractivity contribution in [2.24, 2.45) is 0 Å². The number of carbonyl (C=O) groups is 3. The zero-order valence-electron chi connectivity index (χ0n) is 14.7. The molecule has 2 N–H and O–H groups in total. The van der Waals surface area contributed by atoms with E-state index in [4.69, 9.17) is 21.1 Å². The highest BCUT2D eigenvalue weighted by atomic mass is 35.5. The van der Waals surface area contributed by atoms with Crippen LogP contribution < -0.4 is 10.6 Å². The molecule has 1 aromatic rings. The Hall–Kier alpha value is -2.28. The molecular formula is C17H23ClN2O5. The normalized spacial score (nSPS) is 12.0. The summed E-state index contributed by atoms with van der Waals surface area (Å²) in [6.45, 7) is 6.72. The fourth-order valence-electron chi connectivity index (χ4n) is 1.70. The Balaban J connectivity index is 2.33. The molecule has 7 nitrogen and oxygen atoms in total. The van der Waals surface area contributed by atoms with E-state index in [1.807, 2.05) is 0 Å². The average molecular weight is 371 g/mol. The molecule has 0 aliphatic carbocycles. The molecule has 1 rings (SSSR count). The van der Waals surface area contributed by atoms with Crippen molar-refractivity contribution in [3.63, 3.8) is 0 Å². The molecule has 0 spiro atoms. The van der Waals surface area contributed by atoms with E-state index in [1.54, 1.807) is 45.0 Å². The summed E-state index contributed by atoms with van der Waals surface area (Å²) in [5, 5.41) is 5.52. The second kappa shape index (κ2) is 9.27. The minimum atomic E-state index is -0.979. The van der Waals surface area contributed by atoms with E-state index in [0.717, 1.165) is 0 Å². The molecule has 0 aliphatic rings. The monoisotopic (exact) mass is 370 g/mol. The van der Waals surface area contributed by atoms with Crippen LogP contribution in [-0.4, -0.2) is 36.2 Å². The third kappa shape index (κ3) is 8.95. The van der Waals surface area contributed by atoms with Crippen LogP contribution in [0.3, 0.4) is 0 Å². The quantitative estimate of drug-likeness (QED) is 0.750. The zero-order chi connectivity index (χ0) is 19.0. The summed E-state index contributed by atoms with van der Waals surface area (Å²) in [6, 6.07) is 6.62. The standard InChI is InChI=1S/C17H23ClN2O5/c1-11(15(22)20-13-7-5-6-12(18)10-13)24-14(21)8-9-19-16(23)25-17(2,3)4/h5-7,10-11H,8-9H2,1-4H3,(H,19,23)(H,20,22)/t11-/m0/s1. The van der Waals surface area contributed by atoms with Crippen LogP contribution in [0.1, 0.15) is 34.1 Å². The van der Waals surface area contributed by atoms with Crippen molar-refractivity contribution in [2.75, 3.05) is 11.9 Å². The van der Waals surface area contributed by atoms with Gasteiger partial charge in [-0.25, -0.2) is 4.79 Å². The van der Waals surface area contributed by atoms with Crippen LogP contribution in [0.2, 0.25) is 5.02 Å². The largest absolute Gasteiger partial charge is 0.452 e. The van der Waals surface area contributed by atoms with Crippen molar-refractivity contribution in [3.05, 3.63) is 29.3 Å². The smallest absolute Gasteiger partial charge is 0.407 e. The average Bonchev–Trinajstić information content (AvgIpc) is 2.45. The van der Waals surface area contributed by atoms with Crippen molar-refractivity contribution < 1.29 is 23.9 Å². The molecule has 8 heteroatoms. The Morgan fingerprint density at radius 1 is 1.24 bits per heavy atom. The third-order valence-corrected chi connectivity index (χ3v) is 3.00. The number of halogens is 1. The number of hydrogen-bond acceptors (Lipinski definition) is 5. The lowest BCUT2D eigenvalue weighted by Gasteiger charge is -2.19. The number of esters is 1. The molecule has 25 heavy (non-hydrogen) atoms. The predicted octanol–water partition coefficient (Wildman–Crippen LogP) is 3.13. The lowest BCUT2D eigenvalue weighted by atomic mass is 10.2. The second-order valence-electron chi connectivity index (χ2n) is 6.31. The molecule has 0 saturated heterocycles. The van der Waals surface area contributed by atoms with Crippen LogP contribution in [0.4, 0.5) is 10.5 Å². The zero-order valence-corrected chi connectivity index (χ0v) is 15.5. The maximum Gasteiger partial charge on any atom is 0.407 e. The van der Waals surface area contributed by atoms with E-state index in [0.29, 0.717) is 10.7 Å². The first kappa shape index (κ1) is 20.8. The van der Waals surface area contributed by atoms with Gasteiger partial charge in [0.15, 0.2) is 6.10 Å². The van der Waals surface area contributed by atoms with Gasteiger partial charge in [-0.2, -0.15) is 0 Å². The summed E-state index contributed by atoms with van der Waals surface area (Å²) in [5.74, 6) is -1.08. The Kier molecular flexibility index (Phi) is 7.70. The molecule has 0 bridgehead atoms. The molecular weight excluding hydrogens is 348 g/mol. The summed E-state index contributed by atoms with van der Waals surface area (Å²) in [7, 11) is 0. The number of anilines is 1. The van der Waals surface area contributed by atoms with Crippen LogP contribution in [0, 0.1) is 0 Å². The molecule has 0 fully saturated rings. The van der Waals surface area contributed by atoms with Crippen LogP contribution in [0.25, 0.3) is 0 Å². The van der Waals surface area contributed by atoms with Gasteiger partial charge in [-0.15, -0.1) is 0 Å². The Morgan fingerprint density at radius 2 is 1.92 bits per heavy atom. The molecule has 0 heterocycles. The molecule has 0 radical (unpaired) electrons. The van der Waals surface area contributed by atoms with Gasteiger partial charge in [0, 0.05) is 17.3 Å². The fourth-order valence-corrected chi connectivity index (χ4v) is 1.89. The number of hydrogen-bond donors (Lipinski definition) is 2. The molecule has 0 unspecified atom stereocenters. The van der Waals surface area contributed by atoms with Gasteiger partial charge in [-0.05, 0) is 45.9 Å². The first-order valence-corrected chi connectivity index (χ1v) is 8.17. The second-order valence-corrected chi connectivity index (χ2v) is 6.75. The maximum absolute atomic E-state index is 12.0. The van der Waals surface area contributed by atoms with Gasteiger partial charge >= 0.3 is 12.1 Å². The number of alkyl carbamates (subject to hydrolysis) is 1. The first-order chi connectivity index (χ1) is 11.6. The molecule has 138 valence electrons. The third-order valence-electron chi connectivity index (χ3n) is 2.77. The molecule has 2 amide bonds. The Bertz CT molecular complexity index is 628. The Morgan fingerprint density at radius 3 is 2.52 bits per heavy atom.